The first-order chi connectivity index (χ1) is 17.6. The maximum atomic E-state index is 13.7. The van der Waals surface area contributed by atoms with Gasteiger partial charge in [0.05, 0.1) is 43.1 Å². The van der Waals surface area contributed by atoms with Crippen LogP contribution >= 0.6 is 0 Å². The number of carbonyl (C=O) groups excluding carboxylic acids is 2. The van der Waals surface area contributed by atoms with E-state index in [1.807, 2.05) is 6.92 Å². The largest absolute Gasteiger partial charge is 0.467 e. The number of nitrogens with one attached hydrogen (secondary N) is 1. The molecule has 1 amide bonds. The van der Waals surface area contributed by atoms with E-state index < -0.39 is 35.0 Å². The molecule has 0 spiro atoms. The van der Waals surface area contributed by atoms with E-state index in [2.05, 4.69) is 20.4 Å². The van der Waals surface area contributed by atoms with Gasteiger partial charge in [-0.3, -0.25) is 9.48 Å². The van der Waals surface area contributed by atoms with Gasteiger partial charge in [-0.25, -0.2) is 14.8 Å². The maximum Gasteiger partial charge on any atom is 0.435 e. The molecule has 13 heteroatoms. The van der Waals surface area contributed by atoms with Crippen LogP contribution in [0.4, 0.5) is 24.5 Å². The van der Waals surface area contributed by atoms with Crippen LogP contribution in [0.25, 0.3) is 11.3 Å². The van der Waals surface area contributed by atoms with Crippen LogP contribution in [-0.2, 0) is 27.0 Å². The molecule has 0 aromatic carbocycles. The quantitative estimate of drug-likeness (QED) is 0.474. The lowest BCUT2D eigenvalue weighted by Crippen LogP contribution is -2.44. The number of aromatic nitrogens is 4. The molecule has 4 heterocycles. The zero-order valence-corrected chi connectivity index (χ0v) is 20.4. The molecule has 1 saturated heterocycles. The lowest BCUT2D eigenvalue weighted by atomic mass is 10.0. The van der Waals surface area contributed by atoms with Crippen LogP contribution < -0.4 is 10.2 Å². The predicted octanol–water partition coefficient (Wildman–Crippen LogP) is 3.40. The minimum absolute atomic E-state index is 0.0473. The molecule has 1 atom stereocenters. The number of carbonyl (C=O) groups is 2. The number of pyridine rings is 2. The van der Waals surface area contributed by atoms with Crippen molar-refractivity contribution in [2.24, 2.45) is 0 Å². The highest BCUT2D eigenvalue weighted by Crippen LogP contribution is 2.37. The van der Waals surface area contributed by atoms with Gasteiger partial charge in [-0.15, -0.1) is 0 Å². The summed E-state index contributed by atoms with van der Waals surface area (Å²) in [6.45, 7) is 2.91. The van der Waals surface area contributed by atoms with E-state index in [1.54, 1.807) is 34.1 Å². The minimum atomic E-state index is -4.82. The third kappa shape index (κ3) is 5.26. The van der Waals surface area contributed by atoms with Gasteiger partial charge in [-0.1, -0.05) is 6.07 Å². The van der Waals surface area contributed by atoms with Crippen LogP contribution in [0.3, 0.4) is 0 Å². The third-order valence-electron chi connectivity index (χ3n) is 6.17. The first-order valence-electron chi connectivity index (χ1n) is 11.4. The van der Waals surface area contributed by atoms with Crippen LogP contribution in [0.15, 0.2) is 42.9 Å². The lowest BCUT2D eigenvalue weighted by molar-refractivity contribution is -0.163. The summed E-state index contributed by atoms with van der Waals surface area (Å²) in [5, 5.41) is 6.48. The number of hydrogen-bond acceptors (Lipinski definition) is 8. The van der Waals surface area contributed by atoms with Gasteiger partial charge in [0, 0.05) is 38.4 Å². The molecule has 1 unspecified atom stereocenters. The van der Waals surface area contributed by atoms with Crippen molar-refractivity contribution in [3.8, 4) is 11.3 Å². The highest BCUT2D eigenvalue weighted by atomic mass is 19.4. The van der Waals surface area contributed by atoms with Crippen molar-refractivity contribution in [3.05, 3.63) is 54.2 Å². The summed E-state index contributed by atoms with van der Waals surface area (Å²) in [4.78, 5) is 34.7. The average molecular weight is 518 g/mol. The Labute approximate surface area is 210 Å². The monoisotopic (exact) mass is 518 g/mol. The summed E-state index contributed by atoms with van der Waals surface area (Å²) in [5.41, 5.74) is -1.73. The van der Waals surface area contributed by atoms with Crippen LogP contribution in [0, 0.1) is 0 Å². The Balaban J connectivity index is 1.62. The number of anilines is 2. The summed E-state index contributed by atoms with van der Waals surface area (Å²) >= 11 is 0. The van der Waals surface area contributed by atoms with E-state index in [9.17, 15) is 22.8 Å². The number of rotatable bonds is 7. The van der Waals surface area contributed by atoms with E-state index in [4.69, 9.17) is 9.47 Å². The van der Waals surface area contributed by atoms with Gasteiger partial charge < -0.3 is 19.7 Å². The SMILES string of the molecule is CCn1cc(-c2cccc(C(=O)Nc3cc(N4CCC(OC)(C(=O)OC)C4)cnc3C(F)(F)F)n2)cn1. The molecule has 37 heavy (non-hydrogen) atoms. The van der Waals surface area contributed by atoms with Crippen LogP contribution in [0.5, 0.6) is 0 Å². The molecule has 196 valence electrons. The molecule has 0 saturated carbocycles. The van der Waals surface area contributed by atoms with Gasteiger partial charge in [0.25, 0.3) is 5.91 Å². The van der Waals surface area contributed by atoms with Gasteiger partial charge in [0.2, 0.25) is 0 Å². The second-order valence-electron chi connectivity index (χ2n) is 8.40. The van der Waals surface area contributed by atoms with Gasteiger partial charge >= 0.3 is 12.1 Å². The van der Waals surface area contributed by atoms with Crippen molar-refractivity contribution in [1.29, 1.82) is 0 Å². The molecule has 4 rings (SSSR count). The highest BCUT2D eigenvalue weighted by molar-refractivity contribution is 6.03. The molecular formula is C24H25F3N6O4. The molecule has 1 aliphatic heterocycles. The fourth-order valence-electron chi connectivity index (χ4n) is 4.13. The van der Waals surface area contributed by atoms with E-state index in [-0.39, 0.29) is 24.3 Å². The first-order valence-corrected chi connectivity index (χ1v) is 11.4. The highest BCUT2D eigenvalue weighted by Gasteiger charge is 2.47. The average Bonchev–Trinajstić information content (AvgIpc) is 3.56. The molecule has 0 bridgehead atoms. The number of halogens is 3. The zero-order chi connectivity index (χ0) is 26.8. The standard InChI is InChI=1S/C24H25F3N6O4/c1-4-33-13-15(11-29-33)17-6-5-7-18(30-17)21(34)31-19-10-16(12-28-20(19)24(25,26)27)32-9-8-23(14-32,37-3)22(35)36-2/h5-7,10-13H,4,8-9,14H2,1-3H3,(H,31,34). The van der Waals surface area contributed by atoms with Crippen molar-refractivity contribution >= 4 is 23.3 Å². The Kier molecular flexibility index (Phi) is 7.16. The van der Waals surface area contributed by atoms with Crippen LogP contribution in [-0.4, -0.2) is 64.5 Å². The smallest absolute Gasteiger partial charge is 0.435 e. The number of nitrogens with zero attached hydrogens (tertiary/aromatic N) is 5. The lowest BCUT2D eigenvalue weighted by Gasteiger charge is -2.26. The Morgan fingerprint density at radius 3 is 2.65 bits per heavy atom. The number of aryl methyl sites for hydroxylation is 1. The molecule has 1 N–H and O–H groups in total. The number of ether oxygens (including phenoxy) is 2. The Bertz CT molecular complexity index is 1310. The normalized spacial score (nSPS) is 17.6. The summed E-state index contributed by atoms with van der Waals surface area (Å²) in [6, 6.07) is 5.83. The predicted molar refractivity (Wildman–Crippen MR) is 127 cm³/mol. The van der Waals surface area contributed by atoms with Crippen molar-refractivity contribution < 1.29 is 32.2 Å². The Morgan fingerprint density at radius 2 is 2.00 bits per heavy atom. The summed E-state index contributed by atoms with van der Waals surface area (Å²) in [5.74, 6) is -1.42. The Morgan fingerprint density at radius 1 is 1.22 bits per heavy atom. The van der Waals surface area contributed by atoms with Crippen molar-refractivity contribution in [2.45, 2.75) is 31.7 Å². The number of methoxy groups -OCH3 is 2. The summed E-state index contributed by atoms with van der Waals surface area (Å²) < 4.78 is 53.1. The van der Waals surface area contributed by atoms with Gasteiger partial charge in [0.1, 0.15) is 5.69 Å². The molecule has 10 nitrogen and oxygen atoms in total. The number of hydrogen-bond donors (Lipinski definition) is 1. The second-order valence-corrected chi connectivity index (χ2v) is 8.40. The van der Waals surface area contributed by atoms with Crippen LogP contribution in [0.2, 0.25) is 0 Å². The Hall–Kier alpha value is -4.00. The minimum Gasteiger partial charge on any atom is -0.467 e. The van der Waals surface area contributed by atoms with E-state index in [1.165, 1.54) is 26.4 Å². The molecule has 0 aliphatic carbocycles. The van der Waals surface area contributed by atoms with E-state index in [0.717, 1.165) is 6.20 Å². The molecule has 1 aliphatic rings. The summed E-state index contributed by atoms with van der Waals surface area (Å²) in [7, 11) is 2.60. The van der Waals surface area contributed by atoms with Crippen molar-refractivity contribution in [2.75, 3.05) is 37.5 Å². The van der Waals surface area contributed by atoms with Gasteiger partial charge in [-0.2, -0.15) is 18.3 Å². The van der Waals surface area contributed by atoms with Gasteiger partial charge in [0.15, 0.2) is 11.3 Å². The van der Waals surface area contributed by atoms with Crippen molar-refractivity contribution in [1.82, 2.24) is 19.7 Å². The molecule has 0 radical (unpaired) electrons. The third-order valence-corrected chi connectivity index (χ3v) is 6.17. The number of alkyl halides is 3. The van der Waals surface area contributed by atoms with Crippen molar-refractivity contribution in [3.63, 3.8) is 0 Å². The number of esters is 1. The maximum absolute atomic E-state index is 13.7. The topological polar surface area (TPSA) is 111 Å². The van der Waals surface area contributed by atoms with Gasteiger partial charge in [-0.05, 0) is 25.1 Å². The molecular weight excluding hydrogens is 493 g/mol. The molecule has 3 aromatic heterocycles. The fraction of sp³-hybridized carbons (Fsp3) is 0.375. The zero-order valence-electron chi connectivity index (χ0n) is 20.4. The second kappa shape index (κ2) is 10.2. The van der Waals surface area contributed by atoms with E-state index in [0.29, 0.717) is 24.3 Å². The first kappa shape index (κ1) is 26.1. The fourth-order valence-corrected chi connectivity index (χ4v) is 4.13. The molecule has 1 fully saturated rings. The number of amides is 1. The van der Waals surface area contributed by atoms with Crippen LogP contribution in [0.1, 0.15) is 29.5 Å². The van der Waals surface area contributed by atoms with E-state index >= 15 is 0 Å². The molecule has 3 aromatic rings. The summed E-state index contributed by atoms with van der Waals surface area (Å²) in [6.07, 6.45) is -0.162.